The molecule has 1 heterocycles. The Hall–Kier alpha value is -1.39. The number of nitrogens with one attached hydrogen (secondary N) is 1. The van der Waals surface area contributed by atoms with Gasteiger partial charge in [-0.25, -0.2) is 0 Å². The van der Waals surface area contributed by atoms with Crippen molar-refractivity contribution in [1.29, 1.82) is 0 Å². The van der Waals surface area contributed by atoms with Gasteiger partial charge in [-0.2, -0.15) is 0 Å². The van der Waals surface area contributed by atoms with Crippen LogP contribution in [0.3, 0.4) is 0 Å². The highest BCUT2D eigenvalue weighted by Gasteiger charge is 2.35. The summed E-state index contributed by atoms with van der Waals surface area (Å²) in [4.78, 5) is 14.7. The van der Waals surface area contributed by atoms with E-state index in [1.165, 1.54) is 0 Å². The van der Waals surface area contributed by atoms with Gasteiger partial charge in [-0.3, -0.25) is 4.79 Å². The Bertz CT molecular complexity index is 443. The van der Waals surface area contributed by atoms with E-state index >= 15 is 0 Å². The number of likely N-dealkylation sites (N-methyl/N-ethyl adjacent to an activating group) is 1. The lowest BCUT2D eigenvalue weighted by atomic mass is 9.83. The zero-order chi connectivity index (χ0) is 14.6. The van der Waals surface area contributed by atoms with Crippen LogP contribution in [-0.4, -0.2) is 50.2 Å². The number of ether oxygens (including phenoxy) is 1. The van der Waals surface area contributed by atoms with E-state index in [2.05, 4.69) is 5.32 Å². The summed E-state index contributed by atoms with van der Waals surface area (Å²) in [7, 11) is 1.90. The highest BCUT2D eigenvalue weighted by molar-refractivity contribution is 5.87. The SMILES string of the molecule is CNCC1CN(C(=O)C(C)(C)c2ccccc2)CCO1. The minimum absolute atomic E-state index is 0.0873. The predicted molar refractivity (Wildman–Crippen MR) is 79.7 cm³/mol. The molecule has 0 aliphatic carbocycles. The summed E-state index contributed by atoms with van der Waals surface area (Å²) in [5, 5.41) is 3.10. The van der Waals surface area contributed by atoms with Crippen molar-refractivity contribution in [2.24, 2.45) is 0 Å². The van der Waals surface area contributed by atoms with Gasteiger partial charge < -0.3 is 15.0 Å². The van der Waals surface area contributed by atoms with Crippen molar-refractivity contribution in [3.05, 3.63) is 35.9 Å². The molecule has 1 amide bonds. The van der Waals surface area contributed by atoms with Crippen LogP contribution in [0.25, 0.3) is 0 Å². The van der Waals surface area contributed by atoms with Crippen LogP contribution in [0.2, 0.25) is 0 Å². The van der Waals surface area contributed by atoms with Gasteiger partial charge in [-0.15, -0.1) is 0 Å². The molecule has 4 heteroatoms. The molecule has 0 saturated carbocycles. The lowest BCUT2D eigenvalue weighted by molar-refractivity contribution is -0.143. The molecule has 1 aromatic carbocycles. The van der Waals surface area contributed by atoms with Gasteiger partial charge >= 0.3 is 0 Å². The molecule has 110 valence electrons. The van der Waals surface area contributed by atoms with E-state index in [1.54, 1.807) is 0 Å². The van der Waals surface area contributed by atoms with E-state index < -0.39 is 5.41 Å². The van der Waals surface area contributed by atoms with Crippen LogP contribution >= 0.6 is 0 Å². The Balaban J connectivity index is 2.10. The second-order valence-corrected chi connectivity index (χ2v) is 5.79. The molecule has 2 rings (SSSR count). The van der Waals surface area contributed by atoms with Crippen molar-refractivity contribution in [2.75, 3.05) is 33.3 Å². The summed E-state index contributed by atoms with van der Waals surface area (Å²) >= 11 is 0. The number of carbonyl (C=O) groups is 1. The Morgan fingerprint density at radius 3 is 2.75 bits per heavy atom. The predicted octanol–water partition coefficient (Wildman–Crippen LogP) is 1.41. The van der Waals surface area contributed by atoms with Crippen LogP contribution in [0.15, 0.2) is 30.3 Å². The quantitative estimate of drug-likeness (QED) is 0.904. The van der Waals surface area contributed by atoms with E-state index in [4.69, 9.17) is 4.74 Å². The third-order valence-electron chi connectivity index (χ3n) is 3.89. The van der Waals surface area contributed by atoms with Gasteiger partial charge in [0.05, 0.1) is 18.1 Å². The number of morpholine rings is 1. The average Bonchev–Trinajstić information content (AvgIpc) is 2.48. The summed E-state index contributed by atoms with van der Waals surface area (Å²) in [6, 6.07) is 9.97. The van der Waals surface area contributed by atoms with Crippen LogP contribution in [0.1, 0.15) is 19.4 Å². The van der Waals surface area contributed by atoms with E-state index in [0.29, 0.717) is 19.7 Å². The Morgan fingerprint density at radius 2 is 2.10 bits per heavy atom. The summed E-state index contributed by atoms with van der Waals surface area (Å²) in [5.74, 6) is 0.174. The highest BCUT2D eigenvalue weighted by Crippen LogP contribution is 2.26. The van der Waals surface area contributed by atoms with Crippen molar-refractivity contribution < 1.29 is 9.53 Å². The molecule has 1 N–H and O–H groups in total. The first-order chi connectivity index (χ1) is 9.55. The fourth-order valence-electron chi connectivity index (χ4n) is 2.63. The summed E-state index contributed by atoms with van der Waals surface area (Å²) in [6.45, 7) is 6.71. The molecule has 0 aromatic heterocycles. The van der Waals surface area contributed by atoms with Crippen LogP contribution in [0.5, 0.6) is 0 Å². The lowest BCUT2D eigenvalue weighted by Gasteiger charge is -2.37. The molecule has 1 fully saturated rings. The van der Waals surface area contributed by atoms with Gasteiger partial charge in [-0.05, 0) is 26.5 Å². The fraction of sp³-hybridized carbons (Fsp3) is 0.562. The van der Waals surface area contributed by atoms with Crippen LogP contribution in [0, 0.1) is 0 Å². The first-order valence-corrected chi connectivity index (χ1v) is 7.17. The summed E-state index contributed by atoms with van der Waals surface area (Å²) < 4.78 is 5.66. The number of amides is 1. The molecule has 20 heavy (non-hydrogen) atoms. The summed E-state index contributed by atoms with van der Waals surface area (Å²) in [6.07, 6.45) is 0.0873. The number of carbonyl (C=O) groups excluding carboxylic acids is 1. The Kier molecular flexibility index (Phi) is 4.78. The molecule has 1 aromatic rings. The van der Waals surface area contributed by atoms with Gasteiger partial charge in [0.15, 0.2) is 0 Å². The van der Waals surface area contributed by atoms with Gasteiger partial charge in [0.25, 0.3) is 0 Å². The zero-order valence-electron chi connectivity index (χ0n) is 12.6. The van der Waals surface area contributed by atoms with Gasteiger partial charge in [0.2, 0.25) is 5.91 Å². The number of nitrogens with zero attached hydrogens (tertiary/aromatic N) is 1. The topological polar surface area (TPSA) is 41.6 Å². The van der Waals surface area contributed by atoms with E-state index in [1.807, 2.05) is 56.1 Å². The minimum atomic E-state index is -0.497. The molecule has 1 aliphatic heterocycles. The van der Waals surface area contributed by atoms with Crippen molar-refractivity contribution in [3.63, 3.8) is 0 Å². The minimum Gasteiger partial charge on any atom is -0.373 e. The van der Waals surface area contributed by atoms with Crippen molar-refractivity contribution in [1.82, 2.24) is 10.2 Å². The van der Waals surface area contributed by atoms with Crippen molar-refractivity contribution in [3.8, 4) is 0 Å². The van der Waals surface area contributed by atoms with Gasteiger partial charge in [0.1, 0.15) is 0 Å². The Morgan fingerprint density at radius 1 is 1.40 bits per heavy atom. The molecular weight excluding hydrogens is 252 g/mol. The maximum Gasteiger partial charge on any atom is 0.232 e. The molecule has 0 bridgehead atoms. The third-order valence-corrected chi connectivity index (χ3v) is 3.89. The van der Waals surface area contributed by atoms with Crippen LogP contribution in [0.4, 0.5) is 0 Å². The van der Waals surface area contributed by atoms with Gasteiger partial charge in [-0.1, -0.05) is 30.3 Å². The smallest absolute Gasteiger partial charge is 0.232 e. The standard InChI is InChI=1S/C16H24N2O2/c1-16(2,13-7-5-4-6-8-13)15(19)18-9-10-20-14(12-18)11-17-3/h4-8,14,17H,9-12H2,1-3H3. The first-order valence-electron chi connectivity index (χ1n) is 7.17. The molecule has 0 radical (unpaired) electrons. The van der Waals surface area contributed by atoms with Crippen LogP contribution in [-0.2, 0) is 14.9 Å². The van der Waals surface area contributed by atoms with Crippen molar-refractivity contribution in [2.45, 2.75) is 25.4 Å². The molecule has 1 aliphatic rings. The second-order valence-electron chi connectivity index (χ2n) is 5.79. The maximum absolute atomic E-state index is 12.8. The Labute approximate surface area is 121 Å². The molecule has 1 atom stereocenters. The number of hydrogen-bond donors (Lipinski definition) is 1. The maximum atomic E-state index is 12.8. The fourth-order valence-corrected chi connectivity index (χ4v) is 2.63. The normalized spacial score (nSPS) is 19.9. The largest absolute Gasteiger partial charge is 0.373 e. The van der Waals surface area contributed by atoms with E-state index in [9.17, 15) is 4.79 Å². The highest BCUT2D eigenvalue weighted by atomic mass is 16.5. The van der Waals surface area contributed by atoms with Gasteiger partial charge in [0, 0.05) is 19.6 Å². The molecular formula is C16H24N2O2. The monoisotopic (exact) mass is 276 g/mol. The molecule has 4 nitrogen and oxygen atoms in total. The van der Waals surface area contributed by atoms with Crippen LogP contribution < -0.4 is 5.32 Å². The molecule has 0 spiro atoms. The average molecular weight is 276 g/mol. The number of benzene rings is 1. The van der Waals surface area contributed by atoms with Crippen molar-refractivity contribution >= 4 is 5.91 Å². The second kappa shape index (κ2) is 6.37. The van der Waals surface area contributed by atoms with E-state index in [-0.39, 0.29) is 12.0 Å². The number of hydrogen-bond acceptors (Lipinski definition) is 3. The van der Waals surface area contributed by atoms with E-state index in [0.717, 1.165) is 12.1 Å². The lowest BCUT2D eigenvalue weighted by Crippen LogP contribution is -2.53. The first kappa shape index (κ1) is 15.0. The third kappa shape index (κ3) is 3.19. The number of rotatable bonds is 4. The zero-order valence-corrected chi connectivity index (χ0v) is 12.6. The molecule has 1 unspecified atom stereocenters. The summed E-state index contributed by atoms with van der Waals surface area (Å²) in [5.41, 5.74) is 0.560. The molecule has 1 saturated heterocycles.